The molecule has 2 saturated heterocycles. The first-order chi connectivity index (χ1) is 12.3. The van der Waals surface area contributed by atoms with Gasteiger partial charge in [0.25, 0.3) is 5.91 Å². The van der Waals surface area contributed by atoms with Gasteiger partial charge in [-0.1, -0.05) is 18.1 Å². The Morgan fingerprint density at radius 2 is 1.92 bits per heavy atom. The molecule has 4 rings (SSSR count). The third-order valence-corrected chi connectivity index (χ3v) is 6.04. The first kappa shape index (κ1) is 17.0. The number of piperazine rings is 1. The normalized spacial score (nSPS) is 26.2. The first-order valence-corrected chi connectivity index (χ1v) is 9.94. The molecule has 1 aromatic rings. The number of rotatable bonds is 4. The zero-order valence-corrected chi connectivity index (χ0v) is 15.1. The molecule has 1 aliphatic carbocycles. The summed E-state index contributed by atoms with van der Waals surface area (Å²) in [5, 5.41) is 11.7. The van der Waals surface area contributed by atoms with Crippen LogP contribution in [0.15, 0.2) is 6.20 Å². The smallest absolute Gasteiger partial charge is 0.276 e. The summed E-state index contributed by atoms with van der Waals surface area (Å²) < 4.78 is 1.85. The van der Waals surface area contributed by atoms with Crippen LogP contribution in [0.5, 0.6) is 0 Å². The summed E-state index contributed by atoms with van der Waals surface area (Å²) in [5.41, 5.74) is 0.498. The van der Waals surface area contributed by atoms with E-state index in [0.717, 1.165) is 51.9 Å². The second-order valence-electron chi connectivity index (χ2n) is 7.80. The van der Waals surface area contributed by atoms with Crippen LogP contribution >= 0.6 is 0 Å². The number of carbonyl (C=O) groups excluding carboxylic acids is 1. The molecule has 3 heterocycles. The molecule has 0 aromatic carbocycles. The van der Waals surface area contributed by atoms with Crippen LogP contribution in [0.3, 0.4) is 0 Å². The van der Waals surface area contributed by atoms with Crippen LogP contribution < -0.4 is 5.32 Å². The van der Waals surface area contributed by atoms with Crippen molar-refractivity contribution < 1.29 is 4.79 Å². The van der Waals surface area contributed by atoms with Gasteiger partial charge in [0.1, 0.15) is 0 Å². The van der Waals surface area contributed by atoms with E-state index in [4.69, 9.17) is 0 Å². The van der Waals surface area contributed by atoms with E-state index in [1.807, 2.05) is 15.8 Å². The summed E-state index contributed by atoms with van der Waals surface area (Å²) >= 11 is 0. The maximum atomic E-state index is 12.7. The average Bonchev–Trinajstić information content (AvgIpc) is 3.34. The number of amides is 1. The van der Waals surface area contributed by atoms with Gasteiger partial charge in [0.05, 0.1) is 6.20 Å². The third-order valence-electron chi connectivity index (χ3n) is 6.04. The highest BCUT2D eigenvalue weighted by Gasteiger charge is 2.29. The predicted octanol–water partition coefficient (Wildman–Crippen LogP) is 0.978. The van der Waals surface area contributed by atoms with E-state index in [1.54, 1.807) is 0 Å². The SMILES string of the molecule is O=C(c1cn(C[C@@H]2CCCNC2)nn1)N1CCN(C2CCCC2)CC1. The van der Waals surface area contributed by atoms with Gasteiger partial charge in [0.15, 0.2) is 5.69 Å². The molecule has 1 atom stereocenters. The van der Waals surface area contributed by atoms with Gasteiger partial charge in [0, 0.05) is 38.8 Å². The van der Waals surface area contributed by atoms with E-state index in [2.05, 4.69) is 20.5 Å². The van der Waals surface area contributed by atoms with Crippen molar-refractivity contribution in [2.24, 2.45) is 5.92 Å². The molecule has 1 N–H and O–H groups in total. The van der Waals surface area contributed by atoms with Crippen LogP contribution in [0, 0.1) is 5.92 Å². The lowest BCUT2D eigenvalue weighted by Crippen LogP contribution is -2.51. The zero-order chi connectivity index (χ0) is 17.1. The topological polar surface area (TPSA) is 66.3 Å². The highest BCUT2D eigenvalue weighted by Crippen LogP contribution is 2.24. The summed E-state index contributed by atoms with van der Waals surface area (Å²) in [6.07, 6.45) is 9.67. The fraction of sp³-hybridized carbons (Fsp3) is 0.833. The molecule has 0 spiro atoms. The van der Waals surface area contributed by atoms with E-state index < -0.39 is 0 Å². The van der Waals surface area contributed by atoms with Gasteiger partial charge >= 0.3 is 0 Å². The summed E-state index contributed by atoms with van der Waals surface area (Å²) in [6, 6.07) is 0.752. The maximum absolute atomic E-state index is 12.7. The largest absolute Gasteiger partial charge is 0.335 e. The molecular weight excluding hydrogens is 316 g/mol. The highest BCUT2D eigenvalue weighted by molar-refractivity contribution is 5.92. The lowest BCUT2D eigenvalue weighted by molar-refractivity contribution is 0.0568. The van der Waals surface area contributed by atoms with Crippen molar-refractivity contribution in [2.45, 2.75) is 51.1 Å². The van der Waals surface area contributed by atoms with Crippen LogP contribution in [0.25, 0.3) is 0 Å². The summed E-state index contributed by atoms with van der Waals surface area (Å²) in [7, 11) is 0. The van der Waals surface area contributed by atoms with Gasteiger partial charge in [0.2, 0.25) is 0 Å². The number of nitrogens with zero attached hydrogens (tertiary/aromatic N) is 5. The Labute approximate surface area is 149 Å². The highest BCUT2D eigenvalue weighted by atomic mass is 16.2. The molecule has 0 bridgehead atoms. The van der Waals surface area contributed by atoms with Crippen molar-refractivity contribution in [3.63, 3.8) is 0 Å². The quantitative estimate of drug-likeness (QED) is 0.880. The van der Waals surface area contributed by atoms with E-state index in [-0.39, 0.29) is 5.91 Å². The minimum absolute atomic E-state index is 0.0408. The molecule has 2 aliphatic heterocycles. The fourth-order valence-corrected chi connectivity index (χ4v) is 4.55. The Bertz CT molecular complexity index is 568. The minimum atomic E-state index is 0.0408. The molecule has 1 saturated carbocycles. The van der Waals surface area contributed by atoms with Gasteiger partial charge < -0.3 is 10.2 Å². The molecule has 7 nitrogen and oxygen atoms in total. The Morgan fingerprint density at radius 1 is 1.12 bits per heavy atom. The molecule has 1 aromatic heterocycles. The Balaban J connectivity index is 1.29. The summed E-state index contributed by atoms with van der Waals surface area (Å²) in [4.78, 5) is 17.2. The molecule has 25 heavy (non-hydrogen) atoms. The zero-order valence-electron chi connectivity index (χ0n) is 15.1. The van der Waals surface area contributed by atoms with Crippen molar-refractivity contribution in [1.82, 2.24) is 30.1 Å². The van der Waals surface area contributed by atoms with E-state index in [0.29, 0.717) is 11.6 Å². The molecule has 7 heteroatoms. The Kier molecular flexibility index (Phi) is 5.31. The minimum Gasteiger partial charge on any atom is -0.335 e. The number of piperidine rings is 1. The molecule has 138 valence electrons. The van der Waals surface area contributed by atoms with Gasteiger partial charge in [-0.25, -0.2) is 0 Å². The van der Waals surface area contributed by atoms with Crippen molar-refractivity contribution in [2.75, 3.05) is 39.3 Å². The molecule has 1 amide bonds. The van der Waals surface area contributed by atoms with Crippen molar-refractivity contribution in [3.8, 4) is 0 Å². The molecular formula is C18H30N6O. The lowest BCUT2D eigenvalue weighted by atomic mass is 10.00. The summed E-state index contributed by atoms with van der Waals surface area (Å²) in [5.74, 6) is 0.632. The van der Waals surface area contributed by atoms with E-state index >= 15 is 0 Å². The Morgan fingerprint density at radius 3 is 2.64 bits per heavy atom. The maximum Gasteiger partial charge on any atom is 0.276 e. The van der Waals surface area contributed by atoms with Crippen LogP contribution in [-0.2, 0) is 6.54 Å². The number of hydrogen-bond acceptors (Lipinski definition) is 5. The molecule has 0 radical (unpaired) electrons. The number of aromatic nitrogens is 3. The predicted molar refractivity (Wildman–Crippen MR) is 95.3 cm³/mol. The van der Waals surface area contributed by atoms with Gasteiger partial charge in [-0.05, 0) is 44.7 Å². The van der Waals surface area contributed by atoms with E-state index in [9.17, 15) is 4.79 Å². The monoisotopic (exact) mass is 346 g/mol. The van der Waals surface area contributed by atoms with Crippen molar-refractivity contribution in [1.29, 1.82) is 0 Å². The van der Waals surface area contributed by atoms with Crippen LogP contribution in [0.1, 0.15) is 49.0 Å². The molecule has 3 fully saturated rings. The van der Waals surface area contributed by atoms with Crippen LogP contribution in [0.2, 0.25) is 0 Å². The van der Waals surface area contributed by atoms with Gasteiger partial charge in [-0.15, -0.1) is 5.10 Å². The fourth-order valence-electron chi connectivity index (χ4n) is 4.55. The summed E-state index contributed by atoms with van der Waals surface area (Å²) in [6.45, 7) is 6.62. The number of carbonyl (C=O) groups is 1. The standard InChI is InChI=1S/C18H30N6O/c25-18(23-10-8-22(9-11-23)16-5-1-2-6-16)17-14-24(21-20-17)13-15-4-3-7-19-12-15/h14-16,19H,1-13H2/t15-/m1/s1. The van der Waals surface area contributed by atoms with Crippen LogP contribution in [-0.4, -0.2) is 76.0 Å². The van der Waals surface area contributed by atoms with Gasteiger partial charge in [-0.2, -0.15) is 0 Å². The molecule has 3 aliphatic rings. The average molecular weight is 346 g/mol. The van der Waals surface area contributed by atoms with Crippen LogP contribution in [0.4, 0.5) is 0 Å². The Hall–Kier alpha value is -1.47. The number of hydrogen-bond donors (Lipinski definition) is 1. The van der Waals surface area contributed by atoms with E-state index in [1.165, 1.54) is 38.5 Å². The van der Waals surface area contributed by atoms with Crippen molar-refractivity contribution in [3.05, 3.63) is 11.9 Å². The van der Waals surface area contributed by atoms with Crippen molar-refractivity contribution >= 4 is 5.91 Å². The first-order valence-electron chi connectivity index (χ1n) is 9.94. The second kappa shape index (κ2) is 7.83. The lowest BCUT2D eigenvalue weighted by Gasteiger charge is -2.37. The second-order valence-corrected chi connectivity index (χ2v) is 7.80. The third kappa shape index (κ3) is 4.03. The van der Waals surface area contributed by atoms with Gasteiger partial charge in [-0.3, -0.25) is 14.4 Å². The molecule has 0 unspecified atom stereocenters. The number of nitrogens with one attached hydrogen (secondary N) is 1.